The van der Waals surface area contributed by atoms with Crippen LogP contribution in [0.25, 0.3) is 0 Å². The van der Waals surface area contributed by atoms with E-state index in [0.717, 1.165) is 11.0 Å². The van der Waals surface area contributed by atoms with Crippen LogP contribution in [0.5, 0.6) is 0 Å². The highest BCUT2D eigenvalue weighted by molar-refractivity contribution is 14.1. The molecule has 0 aliphatic carbocycles. The zero-order valence-electron chi connectivity index (χ0n) is 8.09. The van der Waals surface area contributed by atoms with Crippen molar-refractivity contribution in [1.29, 1.82) is 0 Å². The van der Waals surface area contributed by atoms with Gasteiger partial charge in [-0.1, -0.05) is 46.9 Å². The molecular formula is C11H15IO. The van der Waals surface area contributed by atoms with E-state index in [2.05, 4.69) is 53.8 Å². The molecule has 0 spiro atoms. The fourth-order valence-electron chi connectivity index (χ4n) is 1.37. The number of hydrogen-bond acceptors (Lipinski definition) is 1. The Morgan fingerprint density at radius 2 is 2.08 bits per heavy atom. The molecule has 0 bridgehead atoms. The molecule has 0 heterocycles. The molecule has 0 saturated carbocycles. The third-order valence-electron chi connectivity index (χ3n) is 2.04. The average Bonchev–Trinajstić information content (AvgIpc) is 2.16. The Kier molecular flexibility index (Phi) is 4.73. The van der Waals surface area contributed by atoms with Gasteiger partial charge in [-0.3, -0.25) is 0 Å². The highest BCUT2D eigenvalue weighted by Crippen LogP contribution is 2.22. The first kappa shape index (κ1) is 11.0. The van der Waals surface area contributed by atoms with E-state index < -0.39 is 0 Å². The fraction of sp³-hybridized carbons (Fsp3) is 0.455. The Bertz CT molecular complexity index is 260. The molecule has 1 nitrogen and oxygen atoms in total. The summed E-state index contributed by atoms with van der Waals surface area (Å²) < 4.78 is 6.66. The highest BCUT2D eigenvalue weighted by atomic mass is 127. The summed E-state index contributed by atoms with van der Waals surface area (Å²) in [6.07, 6.45) is 0.256. The lowest BCUT2D eigenvalue weighted by Gasteiger charge is -2.16. The van der Waals surface area contributed by atoms with Gasteiger partial charge in [0.25, 0.3) is 0 Å². The molecule has 0 fully saturated rings. The Balaban J connectivity index is 2.84. The average molecular weight is 290 g/mol. The molecule has 1 unspecified atom stereocenters. The summed E-state index contributed by atoms with van der Waals surface area (Å²) in [7, 11) is 0. The second-order valence-corrected chi connectivity index (χ2v) is 3.84. The van der Waals surface area contributed by atoms with Crippen molar-refractivity contribution < 1.29 is 4.74 Å². The molecule has 0 saturated heterocycles. The van der Waals surface area contributed by atoms with Gasteiger partial charge in [0, 0.05) is 11.0 Å². The molecule has 0 aliphatic rings. The topological polar surface area (TPSA) is 9.23 Å². The maximum absolute atomic E-state index is 5.65. The molecule has 0 aliphatic heterocycles. The van der Waals surface area contributed by atoms with Crippen molar-refractivity contribution in [2.24, 2.45) is 0 Å². The van der Waals surface area contributed by atoms with Crippen LogP contribution in [0.15, 0.2) is 24.3 Å². The van der Waals surface area contributed by atoms with Crippen molar-refractivity contribution >= 4 is 22.6 Å². The lowest BCUT2D eigenvalue weighted by atomic mass is 10.0. The number of benzene rings is 1. The van der Waals surface area contributed by atoms with E-state index in [9.17, 15) is 0 Å². The van der Waals surface area contributed by atoms with Crippen molar-refractivity contribution in [3.63, 3.8) is 0 Å². The molecule has 1 aromatic rings. The Morgan fingerprint density at radius 1 is 1.38 bits per heavy atom. The van der Waals surface area contributed by atoms with Gasteiger partial charge in [-0.15, -0.1) is 0 Å². The summed E-state index contributed by atoms with van der Waals surface area (Å²) in [6, 6.07) is 8.41. The van der Waals surface area contributed by atoms with Gasteiger partial charge in [0.05, 0.1) is 6.10 Å². The van der Waals surface area contributed by atoms with Gasteiger partial charge in [0.2, 0.25) is 0 Å². The number of alkyl halides is 1. The number of rotatable bonds is 4. The van der Waals surface area contributed by atoms with Crippen LogP contribution in [0.4, 0.5) is 0 Å². The summed E-state index contributed by atoms with van der Waals surface area (Å²) in [5.41, 5.74) is 2.64. The lowest BCUT2D eigenvalue weighted by Crippen LogP contribution is -2.06. The van der Waals surface area contributed by atoms with Crippen LogP contribution < -0.4 is 0 Å². The fourth-order valence-corrected chi connectivity index (χ4v) is 2.10. The molecule has 2 heteroatoms. The number of halogens is 1. The third-order valence-corrected chi connectivity index (χ3v) is 2.84. The predicted molar refractivity (Wildman–Crippen MR) is 64.4 cm³/mol. The lowest BCUT2D eigenvalue weighted by molar-refractivity contribution is 0.0814. The summed E-state index contributed by atoms with van der Waals surface area (Å²) in [6.45, 7) is 4.95. The largest absolute Gasteiger partial charge is 0.373 e. The van der Waals surface area contributed by atoms with Crippen LogP contribution in [0.3, 0.4) is 0 Å². The number of hydrogen-bond donors (Lipinski definition) is 0. The summed E-state index contributed by atoms with van der Waals surface area (Å²) in [4.78, 5) is 0. The second kappa shape index (κ2) is 5.60. The van der Waals surface area contributed by atoms with Crippen LogP contribution in [-0.4, -0.2) is 11.0 Å². The monoisotopic (exact) mass is 290 g/mol. The predicted octanol–water partition coefficient (Wildman–Crippen LogP) is 3.51. The van der Waals surface area contributed by atoms with E-state index in [0.29, 0.717) is 0 Å². The highest BCUT2D eigenvalue weighted by Gasteiger charge is 2.10. The minimum Gasteiger partial charge on any atom is -0.373 e. The first-order chi connectivity index (χ1) is 6.29. The summed E-state index contributed by atoms with van der Waals surface area (Å²) in [5, 5.41) is 0. The van der Waals surface area contributed by atoms with Crippen LogP contribution >= 0.6 is 22.6 Å². The molecule has 0 radical (unpaired) electrons. The van der Waals surface area contributed by atoms with Gasteiger partial charge < -0.3 is 4.74 Å². The van der Waals surface area contributed by atoms with Gasteiger partial charge >= 0.3 is 0 Å². The van der Waals surface area contributed by atoms with E-state index in [4.69, 9.17) is 4.74 Å². The molecule has 1 rings (SSSR count). The standard InChI is InChI=1S/C11H15IO/c1-3-13-11(8-12)10-7-5-4-6-9(10)2/h4-7,11H,3,8H2,1-2H3. The second-order valence-electron chi connectivity index (χ2n) is 2.95. The number of aryl methyl sites for hydroxylation is 1. The normalized spacial score (nSPS) is 12.8. The third kappa shape index (κ3) is 2.95. The van der Waals surface area contributed by atoms with Crippen molar-refractivity contribution in [3.8, 4) is 0 Å². The van der Waals surface area contributed by atoms with Gasteiger partial charge in [0.1, 0.15) is 0 Å². The maximum atomic E-state index is 5.65. The van der Waals surface area contributed by atoms with Crippen molar-refractivity contribution in [2.75, 3.05) is 11.0 Å². The Hall–Kier alpha value is -0.0900. The van der Waals surface area contributed by atoms with Crippen molar-refractivity contribution in [1.82, 2.24) is 0 Å². The molecular weight excluding hydrogens is 275 g/mol. The van der Waals surface area contributed by atoms with Gasteiger partial charge in [-0.2, -0.15) is 0 Å². The Labute approximate surface area is 93.6 Å². The minimum atomic E-state index is 0.256. The maximum Gasteiger partial charge on any atom is 0.0916 e. The van der Waals surface area contributed by atoms with Crippen molar-refractivity contribution in [3.05, 3.63) is 35.4 Å². The summed E-state index contributed by atoms with van der Waals surface area (Å²) in [5.74, 6) is 0. The van der Waals surface area contributed by atoms with Crippen molar-refractivity contribution in [2.45, 2.75) is 20.0 Å². The molecule has 0 N–H and O–H groups in total. The van der Waals surface area contributed by atoms with Gasteiger partial charge in [0.15, 0.2) is 0 Å². The molecule has 13 heavy (non-hydrogen) atoms. The van der Waals surface area contributed by atoms with E-state index >= 15 is 0 Å². The molecule has 0 amide bonds. The van der Waals surface area contributed by atoms with Crippen LogP contribution in [-0.2, 0) is 4.74 Å². The van der Waals surface area contributed by atoms with Gasteiger partial charge in [-0.25, -0.2) is 0 Å². The zero-order valence-corrected chi connectivity index (χ0v) is 10.2. The summed E-state index contributed by atoms with van der Waals surface area (Å²) >= 11 is 2.37. The van der Waals surface area contributed by atoms with E-state index in [1.807, 2.05) is 6.92 Å². The first-order valence-corrected chi connectivity index (χ1v) is 6.05. The van der Waals surface area contributed by atoms with Crippen LogP contribution in [0.2, 0.25) is 0 Å². The first-order valence-electron chi connectivity index (χ1n) is 4.52. The molecule has 0 aromatic heterocycles. The van der Waals surface area contributed by atoms with E-state index in [1.165, 1.54) is 11.1 Å². The molecule has 1 atom stereocenters. The van der Waals surface area contributed by atoms with Crippen LogP contribution in [0.1, 0.15) is 24.2 Å². The SMILES string of the molecule is CCOC(CI)c1ccccc1C. The zero-order chi connectivity index (χ0) is 9.68. The molecule has 1 aromatic carbocycles. The Morgan fingerprint density at radius 3 is 2.62 bits per heavy atom. The van der Waals surface area contributed by atoms with E-state index in [1.54, 1.807) is 0 Å². The van der Waals surface area contributed by atoms with Gasteiger partial charge in [-0.05, 0) is 25.0 Å². The quantitative estimate of drug-likeness (QED) is 0.609. The van der Waals surface area contributed by atoms with E-state index in [-0.39, 0.29) is 6.10 Å². The van der Waals surface area contributed by atoms with Crippen LogP contribution in [0, 0.1) is 6.92 Å². The smallest absolute Gasteiger partial charge is 0.0916 e. The molecule has 72 valence electrons. The minimum absolute atomic E-state index is 0.256. The number of ether oxygens (including phenoxy) is 1.